The summed E-state index contributed by atoms with van der Waals surface area (Å²) in [5.74, 6) is -0.145. The molecule has 1 heterocycles. The minimum atomic E-state index is -0.145. The van der Waals surface area contributed by atoms with E-state index in [2.05, 4.69) is 39.4 Å². The maximum atomic E-state index is 13.9. The van der Waals surface area contributed by atoms with Crippen molar-refractivity contribution in [2.24, 2.45) is 0 Å². The van der Waals surface area contributed by atoms with Crippen LogP contribution in [0.25, 0.3) is 0 Å². The highest BCUT2D eigenvalue weighted by molar-refractivity contribution is 14.1. The molecule has 0 bridgehead atoms. The number of hydrogen-bond donors (Lipinski definition) is 1. The molecular formula is C13H16FIN2. The van der Waals surface area contributed by atoms with Crippen LogP contribution < -0.4 is 5.32 Å². The molecule has 1 atom stereocenters. The third-order valence-corrected chi connectivity index (χ3v) is 3.72. The normalized spacial score (nSPS) is 18.9. The molecule has 0 spiro atoms. The Morgan fingerprint density at radius 1 is 1.41 bits per heavy atom. The van der Waals surface area contributed by atoms with Gasteiger partial charge in [0.25, 0.3) is 0 Å². The molecule has 1 aliphatic rings. The molecule has 0 amide bonds. The number of halogens is 2. The second kappa shape index (κ2) is 5.93. The first-order chi connectivity index (χ1) is 8.22. The number of nitrogens with one attached hydrogen (secondary N) is 1. The van der Waals surface area contributed by atoms with Crippen molar-refractivity contribution >= 4 is 22.6 Å². The first kappa shape index (κ1) is 13.0. The van der Waals surface area contributed by atoms with Crippen molar-refractivity contribution in [3.8, 4) is 0 Å². The zero-order valence-electron chi connectivity index (χ0n) is 9.63. The van der Waals surface area contributed by atoms with Gasteiger partial charge in [-0.15, -0.1) is 6.58 Å². The summed E-state index contributed by atoms with van der Waals surface area (Å²) in [6.07, 6.45) is 1.83. The van der Waals surface area contributed by atoms with Crippen molar-refractivity contribution in [1.29, 1.82) is 0 Å². The van der Waals surface area contributed by atoms with Crippen LogP contribution in [-0.2, 0) is 0 Å². The van der Waals surface area contributed by atoms with E-state index in [0.29, 0.717) is 0 Å². The first-order valence-corrected chi connectivity index (χ1v) is 6.82. The van der Waals surface area contributed by atoms with Crippen molar-refractivity contribution in [3.05, 3.63) is 45.8 Å². The van der Waals surface area contributed by atoms with Crippen molar-refractivity contribution in [1.82, 2.24) is 10.2 Å². The third-order valence-electron chi connectivity index (χ3n) is 3.04. The standard InChI is InChI=1S/C13H16FIN2/c1-2-13(17-7-5-16-6-8-17)11-9-10(15)3-4-12(11)14/h2-4,9,13,16H,1,5-8H2/t13-/m1/s1. The lowest BCUT2D eigenvalue weighted by molar-refractivity contribution is 0.200. The van der Waals surface area contributed by atoms with Gasteiger partial charge in [0.15, 0.2) is 0 Å². The molecule has 17 heavy (non-hydrogen) atoms. The van der Waals surface area contributed by atoms with Gasteiger partial charge in [0.1, 0.15) is 5.82 Å². The second-order valence-corrected chi connectivity index (χ2v) is 5.38. The molecule has 0 radical (unpaired) electrons. The Morgan fingerprint density at radius 3 is 2.76 bits per heavy atom. The summed E-state index contributed by atoms with van der Waals surface area (Å²) in [5, 5.41) is 3.30. The van der Waals surface area contributed by atoms with E-state index in [1.807, 2.05) is 12.1 Å². The Kier molecular flexibility index (Phi) is 4.53. The maximum Gasteiger partial charge on any atom is 0.128 e. The van der Waals surface area contributed by atoms with Crippen LogP contribution in [0.4, 0.5) is 4.39 Å². The molecule has 92 valence electrons. The van der Waals surface area contributed by atoms with Crippen molar-refractivity contribution in [2.75, 3.05) is 26.2 Å². The summed E-state index contributed by atoms with van der Waals surface area (Å²) in [4.78, 5) is 2.26. The fourth-order valence-corrected chi connectivity index (χ4v) is 2.69. The summed E-state index contributed by atoms with van der Waals surface area (Å²) in [7, 11) is 0. The number of piperazine rings is 1. The van der Waals surface area contributed by atoms with Gasteiger partial charge >= 0.3 is 0 Å². The predicted octanol–water partition coefficient (Wildman–Crippen LogP) is 2.56. The molecule has 1 aromatic carbocycles. The monoisotopic (exact) mass is 346 g/mol. The molecular weight excluding hydrogens is 330 g/mol. The molecule has 0 unspecified atom stereocenters. The van der Waals surface area contributed by atoms with Crippen LogP contribution in [0.1, 0.15) is 11.6 Å². The predicted molar refractivity (Wildman–Crippen MR) is 76.5 cm³/mol. The summed E-state index contributed by atoms with van der Waals surface area (Å²) in [5.41, 5.74) is 0.730. The van der Waals surface area contributed by atoms with Gasteiger partial charge in [-0.25, -0.2) is 4.39 Å². The van der Waals surface area contributed by atoms with Gasteiger partial charge < -0.3 is 5.32 Å². The fraction of sp³-hybridized carbons (Fsp3) is 0.385. The lowest BCUT2D eigenvalue weighted by Gasteiger charge is -2.33. The number of rotatable bonds is 3. The lowest BCUT2D eigenvalue weighted by atomic mass is 10.0. The topological polar surface area (TPSA) is 15.3 Å². The van der Waals surface area contributed by atoms with Gasteiger partial charge in [0.2, 0.25) is 0 Å². The van der Waals surface area contributed by atoms with Crippen LogP contribution in [0.5, 0.6) is 0 Å². The Bertz CT molecular complexity index is 402. The number of benzene rings is 1. The van der Waals surface area contributed by atoms with Crippen molar-refractivity contribution < 1.29 is 4.39 Å². The van der Waals surface area contributed by atoms with Gasteiger partial charge in [0.05, 0.1) is 6.04 Å². The molecule has 0 aromatic heterocycles. The molecule has 1 aliphatic heterocycles. The second-order valence-electron chi connectivity index (χ2n) is 4.13. The Morgan fingerprint density at radius 2 is 2.12 bits per heavy atom. The molecule has 2 nitrogen and oxygen atoms in total. The summed E-state index contributed by atoms with van der Waals surface area (Å²) in [6.45, 7) is 7.62. The number of hydrogen-bond acceptors (Lipinski definition) is 2. The average molecular weight is 346 g/mol. The summed E-state index contributed by atoms with van der Waals surface area (Å²) >= 11 is 2.21. The third kappa shape index (κ3) is 3.05. The van der Waals surface area contributed by atoms with E-state index in [4.69, 9.17) is 0 Å². The molecule has 1 aromatic rings. The fourth-order valence-electron chi connectivity index (χ4n) is 2.17. The lowest BCUT2D eigenvalue weighted by Crippen LogP contribution is -2.44. The van der Waals surface area contributed by atoms with E-state index in [1.54, 1.807) is 6.07 Å². The summed E-state index contributed by atoms with van der Waals surface area (Å²) in [6, 6.07) is 5.21. The molecule has 0 saturated carbocycles. The molecule has 2 rings (SSSR count). The van der Waals surface area contributed by atoms with Crippen molar-refractivity contribution in [3.63, 3.8) is 0 Å². The Balaban J connectivity index is 2.27. The molecule has 1 saturated heterocycles. The molecule has 4 heteroatoms. The van der Waals surface area contributed by atoms with E-state index < -0.39 is 0 Å². The largest absolute Gasteiger partial charge is 0.314 e. The van der Waals surface area contributed by atoms with Gasteiger partial charge in [0, 0.05) is 35.3 Å². The highest BCUT2D eigenvalue weighted by Gasteiger charge is 2.21. The molecule has 1 fully saturated rings. The van der Waals surface area contributed by atoms with E-state index >= 15 is 0 Å². The van der Waals surface area contributed by atoms with Crippen LogP contribution in [0.3, 0.4) is 0 Å². The number of nitrogens with zero attached hydrogens (tertiary/aromatic N) is 1. The van der Waals surface area contributed by atoms with E-state index in [-0.39, 0.29) is 11.9 Å². The zero-order valence-corrected chi connectivity index (χ0v) is 11.8. The van der Waals surface area contributed by atoms with Gasteiger partial charge in [-0.1, -0.05) is 6.08 Å². The first-order valence-electron chi connectivity index (χ1n) is 5.74. The summed E-state index contributed by atoms with van der Waals surface area (Å²) < 4.78 is 14.9. The minimum Gasteiger partial charge on any atom is -0.314 e. The highest BCUT2D eigenvalue weighted by Crippen LogP contribution is 2.26. The average Bonchev–Trinajstić information content (AvgIpc) is 2.36. The molecule has 1 N–H and O–H groups in total. The quantitative estimate of drug-likeness (QED) is 0.669. The SMILES string of the molecule is C=C[C@H](c1cc(I)ccc1F)N1CCNCC1. The Hall–Kier alpha value is -0.460. The molecule has 0 aliphatic carbocycles. The van der Waals surface area contributed by atoms with Crippen LogP contribution in [0.15, 0.2) is 30.9 Å². The van der Waals surface area contributed by atoms with Gasteiger partial charge in [-0.05, 0) is 40.8 Å². The van der Waals surface area contributed by atoms with Gasteiger partial charge in [-0.3, -0.25) is 4.90 Å². The smallest absolute Gasteiger partial charge is 0.128 e. The minimum absolute atomic E-state index is 0.0215. The van der Waals surface area contributed by atoms with Crippen molar-refractivity contribution in [2.45, 2.75) is 6.04 Å². The van der Waals surface area contributed by atoms with E-state index in [1.165, 1.54) is 6.07 Å². The highest BCUT2D eigenvalue weighted by atomic mass is 127. The van der Waals surface area contributed by atoms with Crippen LogP contribution in [-0.4, -0.2) is 31.1 Å². The van der Waals surface area contributed by atoms with Crippen LogP contribution in [0.2, 0.25) is 0 Å². The van der Waals surface area contributed by atoms with Crippen LogP contribution >= 0.6 is 22.6 Å². The zero-order chi connectivity index (χ0) is 12.3. The van der Waals surface area contributed by atoms with Crippen LogP contribution in [0, 0.1) is 9.39 Å². The Labute approximate surface area is 115 Å². The van der Waals surface area contributed by atoms with Gasteiger partial charge in [-0.2, -0.15) is 0 Å². The van der Waals surface area contributed by atoms with E-state index in [9.17, 15) is 4.39 Å². The van der Waals surface area contributed by atoms with E-state index in [0.717, 1.165) is 35.3 Å². The maximum absolute atomic E-state index is 13.9.